The van der Waals surface area contributed by atoms with Gasteiger partial charge in [-0.2, -0.15) is 0 Å². The summed E-state index contributed by atoms with van der Waals surface area (Å²) in [6.45, 7) is 0. The van der Waals surface area contributed by atoms with Crippen molar-refractivity contribution in [1.82, 2.24) is 9.55 Å². The maximum atomic E-state index is 10.5. The number of rotatable bonds is 2. The normalized spacial score (nSPS) is 28.1. The van der Waals surface area contributed by atoms with Crippen molar-refractivity contribution < 1.29 is 5.11 Å². The standard InChI is InChI=1S/C14H19N3O/c1-17-12-5-3-2-4-11(12)16-13(17)9-14(18)7-6-10(15)8-14/h2-5,10,18H,6-9,15H2,1H3. The Morgan fingerprint density at radius 2 is 2.28 bits per heavy atom. The summed E-state index contributed by atoms with van der Waals surface area (Å²) in [5.74, 6) is 0.938. The van der Waals surface area contributed by atoms with Crippen LogP contribution in [-0.4, -0.2) is 26.3 Å². The molecule has 1 fully saturated rings. The van der Waals surface area contributed by atoms with Crippen LogP contribution in [0.15, 0.2) is 24.3 Å². The number of para-hydroxylation sites is 2. The van der Waals surface area contributed by atoms with Gasteiger partial charge in [0, 0.05) is 19.5 Å². The van der Waals surface area contributed by atoms with Crippen molar-refractivity contribution >= 4 is 11.0 Å². The number of nitrogens with zero attached hydrogens (tertiary/aromatic N) is 2. The minimum absolute atomic E-state index is 0.129. The van der Waals surface area contributed by atoms with E-state index in [1.807, 2.05) is 25.2 Å². The second-order valence-corrected chi connectivity index (χ2v) is 5.48. The van der Waals surface area contributed by atoms with Crippen LogP contribution in [-0.2, 0) is 13.5 Å². The topological polar surface area (TPSA) is 64.1 Å². The van der Waals surface area contributed by atoms with E-state index in [4.69, 9.17) is 5.73 Å². The number of imidazole rings is 1. The molecule has 4 nitrogen and oxygen atoms in total. The van der Waals surface area contributed by atoms with Crippen LogP contribution in [0.25, 0.3) is 11.0 Å². The van der Waals surface area contributed by atoms with E-state index in [0.29, 0.717) is 12.8 Å². The molecule has 2 atom stereocenters. The first-order valence-electron chi connectivity index (χ1n) is 6.46. The van der Waals surface area contributed by atoms with E-state index in [1.54, 1.807) is 0 Å². The second-order valence-electron chi connectivity index (χ2n) is 5.48. The van der Waals surface area contributed by atoms with Crippen LogP contribution < -0.4 is 5.73 Å². The molecule has 18 heavy (non-hydrogen) atoms. The first-order valence-corrected chi connectivity index (χ1v) is 6.46. The maximum Gasteiger partial charge on any atom is 0.112 e. The highest BCUT2D eigenvalue weighted by Crippen LogP contribution is 2.32. The molecule has 1 saturated carbocycles. The highest BCUT2D eigenvalue weighted by Gasteiger charge is 2.36. The summed E-state index contributed by atoms with van der Waals surface area (Å²) >= 11 is 0. The molecule has 96 valence electrons. The molecule has 0 aliphatic heterocycles. The molecule has 0 amide bonds. The average Bonchev–Trinajstić information content (AvgIpc) is 2.82. The maximum absolute atomic E-state index is 10.5. The quantitative estimate of drug-likeness (QED) is 0.839. The van der Waals surface area contributed by atoms with Gasteiger partial charge in [-0.3, -0.25) is 0 Å². The molecule has 0 spiro atoms. The van der Waals surface area contributed by atoms with Crippen LogP contribution >= 0.6 is 0 Å². The molecule has 0 radical (unpaired) electrons. The van der Waals surface area contributed by atoms with Gasteiger partial charge in [-0.25, -0.2) is 4.98 Å². The van der Waals surface area contributed by atoms with Crippen molar-refractivity contribution in [2.75, 3.05) is 0 Å². The lowest BCUT2D eigenvalue weighted by Gasteiger charge is -2.21. The van der Waals surface area contributed by atoms with Gasteiger partial charge in [-0.05, 0) is 31.4 Å². The van der Waals surface area contributed by atoms with Crippen molar-refractivity contribution in [1.29, 1.82) is 0 Å². The van der Waals surface area contributed by atoms with Crippen LogP contribution in [0.3, 0.4) is 0 Å². The summed E-state index contributed by atoms with van der Waals surface area (Å²) in [5, 5.41) is 10.5. The van der Waals surface area contributed by atoms with Crippen LogP contribution in [0.1, 0.15) is 25.1 Å². The number of nitrogens with two attached hydrogens (primary N) is 1. The minimum Gasteiger partial charge on any atom is -0.389 e. The Hall–Kier alpha value is -1.39. The number of benzene rings is 1. The number of aromatic nitrogens is 2. The largest absolute Gasteiger partial charge is 0.389 e. The number of fused-ring (bicyclic) bond motifs is 1. The third kappa shape index (κ3) is 1.91. The molecule has 4 heteroatoms. The predicted octanol–water partition coefficient (Wildman–Crippen LogP) is 1.36. The molecule has 1 heterocycles. The Morgan fingerprint density at radius 3 is 2.94 bits per heavy atom. The predicted molar refractivity (Wildman–Crippen MR) is 71.2 cm³/mol. The third-order valence-electron chi connectivity index (χ3n) is 3.99. The Bertz CT molecular complexity index is 577. The number of hydrogen-bond donors (Lipinski definition) is 2. The summed E-state index contributed by atoms with van der Waals surface area (Å²) in [6, 6.07) is 8.18. The smallest absolute Gasteiger partial charge is 0.112 e. The SMILES string of the molecule is Cn1c(CC2(O)CCC(N)C2)nc2ccccc21. The van der Waals surface area contributed by atoms with E-state index in [1.165, 1.54) is 0 Å². The van der Waals surface area contributed by atoms with E-state index in [-0.39, 0.29) is 6.04 Å². The fourth-order valence-corrected chi connectivity index (χ4v) is 2.95. The fraction of sp³-hybridized carbons (Fsp3) is 0.500. The van der Waals surface area contributed by atoms with Gasteiger partial charge < -0.3 is 15.4 Å². The molecular formula is C14H19N3O. The summed E-state index contributed by atoms with van der Waals surface area (Å²) in [6.07, 6.45) is 2.94. The van der Waals surface area contributed by atoms with Gasteiger partial charge in [0.1, 0.15) is 5.82 Å². The number of aryl methyl sites for hydroxylation is 1. The lowest BCUT2D eigenvalue weighted by molar-refractivity contribution is 0.0443. The molecule has 1 aliphatic rings. The van der Waals surface area contributed by atoms with E-state index < -0.39 is 5.60 Å². The molecule has 3 rings (SSSR count). The molecule has 0 saturated heterocycles. The van der Waals surface area contributed by atoms with Crippen molar-refractivity contribution in [3.05, 3.63) is 30.1 Å². The van der Waals surface area contributed by atoms with Crippen molar-refractivity contribution in [3.8, 4) is 0 Å². The van der Waals surface area contributed by atoms with Gasteiger partial charge >= 0.3 is 0 Å². The van der Waals surface area contributed by atoms with Crippen molar-refractivity contribution in [3.63, 3.8) is 0 Å². The zero-order valence-electron chi connectivity index (χ0n) is 10.6. The van der Waals surface area contributed by atoms with Gasteiger partial charge in [0.05, 0.1) is 16.6 Å². The van der Waals surface area contributed by atoms with Gasteiger partial charge in [-0.1, -0.05) is 12.1 Å². The monoisotopic (exact) mass is 245 g/mol. The minimum atomic E-state index is -0.672. The van der Waals surface area contributed by atoms with Gasteiger partial charge in [-0.15, -0.1) is 0 Å². The summed E-state index contributed by atoms with van der Waals surface area (Å²) in [5.41, 5.74) is 7.31. The third-order valence-corrected chi connectivity index (χ3v) is 3.99. The zero-order chi connectivity index (χ0) is 12.8. The highest BCUT2D eigenvalue weighted by molar-refractivity contribution is 5.75. The van der Waals surface area contributed by atoms with E-state index in [9.17, 15) is 5.11 Å². The molecular weight excluding hydrogens is 226 g/mol. The fourth-order valence-electron chi connectivity index (χ4n) is 2.95. The van der Waals surface area contributed by atoms with E-state index in [0.717, 1.165) is 29.7 Å². The second kappa shape index (κ2) is 4.07. The molecule has 3 N–H and O–H groups in total. The molecule has 2 aromatic rings. The molecule has 1 aromatic carbocycles. The Balaban J connectivity index is 1.93. The lowest BCUT2D eigenvalue weighted by atomic mass is 9.97. The molecule has 2 unspecified atom stereocenters. The van der Waals surface area contributed by atoms with Gasteiger partial charge in [0.15, 0.2) is 0 Å². The lowest BCUT2D eigenvalue weighted by Crippen LogP contribution is -2.31. The molecule has 1 aromatic heterocycles. The Kier molecular flexibility index (Phi) is 2.64. The average molecular weight is 245 g/mol. The Labute approximate surface area is 106 Å². The van der Waals surface area contributed by atoms with Gasteiger partial charge in [0.2, 0.25) is 0 Å². The van der Waals surface area contributed by atoms with Crippen LogP contribution in [0.5, 0.6) is 0 Å². The Morgan fingerprint density at radius 1 is 1.50 bits per heavy atom. The first-order chi connectivity index (χ1) is 8.57. The van der Waals surface area contributed by atoms with Crippen LogP contribution in [0, 0.1) is 0 Å². The molecule has 0 bridgehead atoms. The summed E-state index contributed by atoms with van der Waals surface area (Å²) in [4.78, 5) is 4.61. The van der Waals surface area contributed by atoms with Crippen LogP contribution in [0.4, 0.5) is 0 Å². The summed E-state index contributed by atoms with van der Waals surface area (Å²) in [7, 11) is 2.00. The first kappa shape index (κ1) is 11.7. The summed E-state index contributed by atoms with van der Waals surface area (Å²) < 4.78 is 2.07. The van der Waals surface area contributed by atoms with Gasteiger partial charge in [0.25, 0.3) is 0 Å². The highest BCUT2D eigenvalue weighted by atomic mass is 16.3. The van der Waals surface area contributed by atoms with Crippen LogP contribution in [0.2, 0.25) is 0 Å². The zero-order valence-corrected chi connectivity index (χ0v) is 10.6. The van der Waals surface area contributed by atoms with Crippen molar-refractivity contribution in [2.24, 2.45) is 12.8 Å². The van der Waals surface area contributed by atoms with E-state index in [2.05, 4.69) is 15.6 Å². The van der Waals surface area contributed by atoms with E-state index >= 15 is 0 Å². The number of aliphatic hydroxyl groups is 1. The molecule has 1 aliphatic carbocycles. The van der Waals surface area contributed by atoms with Crippen molar-refractivity contribution in [2.45, 2.75) is 37.3 Å². The number of hydrogen-bond acceptors (Lipinski definition) is 3.